The van der Waals surface area contributed by atoms with Gasteiger partial charge >= 0.3 is 0 Å². The van der Waals surface area contributed by atoms with E-state index in [0.29, 0.717) is 0 Å². The van der Waals surface area contributed by atoms with E-state index >= 15 is 0 Å². The van der Waals surface area contributed by atoms with E-state index in [0.717, 1.165) is 20.1 Å². The van der Waals surface area contributed by atoms with Crippen LogP contribution in [0.25, 0.3) is 9.88 Å². The zero-order valence-corrected chi connectivity index (χ0v) is 9.75. The maximum absolute atomic E-state index is 8.84. The van der Waals surface area contributed by atoms with Gasteiger partial charge in [-0.15, -0.1) is 22.7 Å². The van der Waals surface area contributed by atoms with Crippen LogP contribution >= 0.6 is 38.6 Å². The predicted octanol–water partition coefficient (Wildman–Crippen LogP) is 3.13. The van der Waals surface area contributed by atoms with E-state index in [4.69, 9.17) is 5.11 Å². The Morgan fingerprint density at radius 2 is 2.23 bits per heavy atom. The van der Waals surface area contributed by atoms with Gasteiger partial charge in [0.15, 0.2) is 0 Å². The molecule has 0 aliphatic rings. The molecule has 0 unspecified atom stereocenters. The molecular formula is C8H6BrNOS2. The van der Waals surface area contributed by atoms with Gasteiger partial charge in [-0.25, -0.2) is 4.98 Å². The molecule has 0 aromatic carbocycles. The summed E-state index contributed by atoms with van der Waals surface area (Å²) in [5.41, 5.74) is 0.740. The molecule has 0 aliphatic carbocycles. The van der Waals surface area contributed by atoms with Crippen LogP contribution in [0.5, 0.6) is 0 Å². The van der Waals surface area contributed by atoms with Crippen molar-refractivity contribution in [2.45, 2.75) is 6.61 Å². The third kappa shape index (κ3) is 1.99. The lowest BCUT2D eigenvalue weighted by Gasteiger charge is -1.86. The molecule has 0 radical (unpaired) electrons. The first kappa shape index (κ1) is 9.33. The third-order valence-corrected chi connectivity index (χ3v) is 4.24. The lowest BCUT2D eigenvalue weighted by molar-refractivity contribution is 0.278. The second kappa shape index (κ2) is 3.88. The monoisotopic (exact) mass is 275 g/mol. The molecule has 2 aromatic rings. The number of halogens is 1. The van der Waals surface area contributed by atoms with Crippen LogP contribution in [-0.2, 0) is 6.61 Å². The van der Waals surface area contributed by atoms with Gasteiger partial charge in [0.05, 0.1) is 17.2 Å². The Morgan fingerprint density at radius 1 is 1.38 bits per heavy atom. The molecule has 0 aliphatic heterocycles. The summed E-state index contributed by atoms with van der Waals surface area (Å²) in [4.78, 5) is 5.41. The highest BCUT2D eigenvalue weighted by atomic mass is 79.9. The van der Waals surface area contributed by atoms with Crippen LogP contribution in [0.2, 0.25) is 0 Å². The Kier molecular flexibility index (Phi) is 2.78. The van der Waals surface area contributed by atoms with Crippen molar-refractivity contribution in [1.82, 2.24) is 4.98 Å². The molecule has 0 saturated carbocycles. The first-order valence-corrected chi connectivity index (χ1v) is 6.14. The van der Waals surface area contributed by atoms with Gasteiger partial charge in [0.1, 0.15) is 5.01 Å². The molecule has 0 saturated heterocycles. The Bertz CT molecular complexity index is 410. The summed E-state index contributed by atoms with van der Waals surface area (Å²) in [5.74, 6) is 0. The zero-order chi connectivity index (χ0) is 9.26. The average molecular weight is 276 g/mol. The van der Waals surface area contributed by atoms with Gasteiger partial charge in [-0.2, -0.15) is 0 Å². The SMILES string of the molecule is OCc1csc(-c2cc(Br)cs2)n1. The number of aromatic nitrogens is 1. The fourth-order valence-electron chi connectivity index (χ4n) is 0.918. The second-order valence-electron chi connectivity index (χ2n) is 2.43. The highest BCUT2D eigenvalue weighted by Crippen LogP contribution is 2.31. The maximum atomic E-state index is 8.84. The minimum Gasteiger partial charge on any atom is -0.390 e. The van der Waals surface area contributed by atoms with Gasteiger partial charge in [-0.05, 0) is 22.0 Å². The Hall–Kier alpha value is -0.230. The lowest BCUT2D eigenvalue weighted by Crippen LogP contribution is -1.80. The van der Waals surface area contributed by atoms with E-state index in [1.54, 1.807) is 22.7 Å². The van der Waals surface area contributed by atoms with Crippen LogP contribution in [0.15, 0.2) is 21.3 Å². The van der Waals surface area contributed by atoms with Gasteiger partial charge in [-0.1, -0.05) is 0 Å². The number of thiophene rings is 1. The molecule has 0 fully saturated rings. The summed E-state index contributed by atoms with van der Waals surface area (Å²) in [6, 6.07) is 2.03. The summed E-state index contributed by atoms with van der Waals surface area (Å²) in [5, 5.41) is 13.7. The normalized spacial score (nSPS) is 10.6. The zero-order valence-electron chi connectivity index (χ0n) is 6.53. The fraction of sp³-hybridized carbons (Fsp3) is 0.125. The molecule has 0 amide bonds. The summed E-state index contributed by atoms with van der Waals surface area (Å²) in [6.07, 6.45) is 0. The lowest BCUT2D eigenvalue weighted by atomic mass is 10.5. The van der Waals surface area contributed by atoms with Crippen LogP contribution in [0.3, 0.4) is 0 Å². The van der Waals surface area contributed by atoms with E-state index in [9.17, 15) is 0 Å². The van der Waals surface area contributed by atoms with Crippen molar-refractivity contribution in [3.8, 4) is 9.88 Å². The van der Waals surface area contributed by atoms with E-state index in [1.807, 2.05) is 16.8 Å². The second-order valence-corrected chi connectivity index (χ2v) is 5.12. The maximum Gasteiger partial charge on any atom is 0.133 e. The Balaban J connectivity index is 2.35. The number of hydrogen-bond acceptors (Lipinski definition) is 4. The van der Waals surface area contributed by atoms with Gasteiger partial charge in [0.2, 0.25) is 0 Å². The molecule has 0 atom stereocenters. The van der Waals surface area contributed by atoms with Crippen LogP contribution < -0.4 is 0 Å². The van der Waals surface area contributed by atoms with Crippen molar-refractivity contribution in [2.24, 2.45) is 0 Å². The minimum absolute atomic E-state index is 0.0169. The van der Waals surface area contributed by atoms with E-state index in [2.05, 4.69) is 20.9 Å². The number of aliphatic hydroxyl groups is 1. The number of aliphatic hydroxyl groups excluding tert-OH is 1. The van der Waals surface area contributed by atoms with Gasteiger partial charge in [-0.3, -0.25) is 0 Å². The molecule has 2 nitrogen and oxygen atoms in total. The largest absolute Gasteiger partial charge is 0.390 e. The van der Waals surface area contributed by atoms with Crippen molar-refractivity contribution >= 4 is 38.6 Å². The van der Waals surface area contributed by atoms with E-state index in [-0.39, 0.29) is 6.61 Å². The standard InChI is InChI=1S/C8H6BrNOS2/c9-5-1-7(12-3-5)8-10-6(2-11)4-13-8/h1,3-4,11H,2H2. The average Bonchev–Trinajstić information content (AvgIpc) is 2.71. The molecule has 13 heavy (non-hydrogen) atoms. The number of nitrogens with zero attached hydrogens (tertiary/aromatic N) is 1. The minimum atomic E-state index is 0.0169. The molecular weight excluding hydrogens is 270 g/mol. The summed E-state index contributed by atoms with van der Waals surface area (Å²) < 4.78 is 1.08. The van der Waals surface area contributed by atoms with Crippen LogP contribution in [0.4, 0.5) is 0 Å². The van der Waals surface area contributed by atoms with Crippen molar-refractivity contribution in [2.75, 3.05) is 0 Å². The quantitative estimate of drug-likeness (QED) is 0.914. The topological polar surface area (TPSA) is 33.1 Å². The van der Waals surface area contributed by atoms with Crippen molar-refractivity contribution in [1.29, 1.82) is 0 Å². The Labute approximate surface area is 92.0 Å². The smallest absolute Gasteiger partial charge is 0.133 e. The highest BCUT2D eigenvalue weighted by Gasteiger charge is 2.05. The molecule has 68 valence electrons. The van der Waals surface area contributed by atoms with Gasteiger partial charge in [0.25, 0.3) is 0 Å². The third-order valence-electron chi connectivity index (χ3n) is 1.49. The van der Waals surface area contributed by atoms with Crippen LogP contribution in [-0.4, -0.2) is 10.1 Å². The summed E-state index contributed by atoms with van der Waals surface area (Å²) in [7, 11) is 0. The number of rotatable bonds is 2. The van der Waals surface area contributed by atoms with E-state index in [1.165, 1.54) is 0 Å². The molecule has 0 bridgehead atoms. The van der Waals surface area contributed by atoms with Crippen molar-refractivity contribution < 1.29 is 5.11 Å². The molecule has 1 N–H and O–H groups in total. The van der Waals surface area contributed by atoms with Crippen LogP contribution in [0.1, 0.15) is 5.69 Å². The van der Waals surface area contributed by atoms with Gasteiger partial charge in [0, 0.05) is 15.2 Å². The first-order valence-electron chi connectivity index (χ1n) is 3.59. The van der Waals surface area contributed by atoms with Crippen LogP contribution in [0, 0.1) is 0 Å². The molecule has 2 rings (SSSR count). The molecule has 0 spiro atoms. The number of thiazole rings is 1. The van der Waals surface area contributed by atoms with Crippen molar-refractivity contribution in [3.05, 3.63) is 27.0 Å². The Morgan fingerprint density at radius 3 is 2.77 bits per heavy atom. The first-order chi connectivity index (χ1) is 6.29. The van der Waals surface area contributed by atoms with Gasteiger partial charge < -0.3 is 5.11 Å². The fourth-order valence-corrected chi connectivity index (χ4v) is 3.24. The highest BCUT2D eigenvalue weighted by molar-refractivity contribution is 9.10. The summed E-state index contributed by atoms with van der Waals surface area (Å²) >= 11 is 6.60. The van der Waals surface area contributed by atoms with Crippen molar-refractivity contribution in [3.63, 3.8) is 0 Å². The molecule has 5 heteroatoms. The number of hydrogen-bond donors (Lipinski definition) is 1. The molecule has 2 heterocycles. The summed E-state index contributed by atoms with van der Waals surface area (Å²) in [6.45, 7) is 0.0169. The molecule has 2 aromatic heterocycles. The van der Waals surface area contributed by atoms with E-state index < -0.39 is 0 Å². The predicted molar refractivity (Wildman–Crippen MR) is 59.0 cm³/mol.